The van der Waals surface area contributed by atoms with Gasteiger partial charge in [0.15, 0.2) is 0 Å². The van der Waals surface area contributed by atoms with Crippen LogP contribution >= 0.6 is 22.9 Å². The molecule has 2 aromatic heterocycles. The molecule has 3 heterocycles. The molecule has 0 unspecified atom stereocenters. The van der Waals surface area contributed by atoms with Gasteiger partial charge in [0, 0.05) is 44.8 Å². The van der Waals surface area contributed by atoms with Gasteiger partial charge in [0.2, 0.25) is 5.91 Å². The Morgan fingerprint density at radius 1 is 1.27 bits per heavy atom. The first-order chi connectivity index (χ1) is 16.0. The van der Waals surface area contributed by atoms with E-state index < -0.39 is 5.82 Å². The SMILES string of the molecule is NC(=O)CCN(CCCN1CCOCC1)c1cc2c(Nc3ccc(F)c(Cl)c3)ncnc2s1. The largest absolute Gasteiger partial charge is 0.379 e. The standard InChI is InChI=1S/C22H26ClFN6O2S/c23-17-12-15(2-3-18(17)24)28-21-16-13-20(33-22(16)27-14-26-21)30(7-4-19(25)31)6-1-5-29-8-10-32-11-9-29/h2-3,12-14H,1,4-11H2,(H2,25,31)(H,26,27,28). The zero-order valence-electron chi connectivity index (χ0n) is 18.1. The van der Waals surface area contributed by atoms with Crippen molar-refractivity contribution in [3.05, 3.63) is 41.4 Å². The van der Waals surface area contributed by atoms with Crippen molar-refractivity contribution in [2.75, 3.05) is 56.2 Å². The topological polar surface area (TPSA) is 96.6 Å². The Balaban J connectivity index is 1.51. The van der Waals surface area contributed by atoms with Gasteiger partial charge in [0.1, 0.15) is 22.8 Å². The molecule has 176 valence electrons. The van der Waals surface area contributed by atoms with E-state index in [9.17, 15) is 9.18 Å². The van der Waals surface area contributed by atoms with Crippen molar-refractivity contribution in [2.45, 2.75) is 12.8 Å². The van der Waals surface area contributed by atoms with Crippen LogP contribution in [0.15, 0.2) is 30.6 Å². The fourth-order valence-electron chi connectivity index (χ4n) is 3.70. The highest BCUT2D eigenvalue weighted by atomic mass is 35.5. The predicted octanol–water partition coefficient (Wildman–Crippen LogP) is 3.63. The fourth-order valence-corrected chi connectivity index (χ4v) is 4.93. The Morgan fingerprint density at radius 3 is 2.85 bits per heavy atom. The molecule has 11 heteroatoms. The number of morpholine rings is 1. The highest BCUT2D eigenvalue weighted by molar-refractivity contribution is 7.22. The van der Waals surface area contributed by atoms with E-state index in [0.29, 0.717) is 18.1 Å². The minimum absolute atomic E-state index is 0.0363. The number of rotatable bonds is 10. The van der Waals surface area contributed by atoms with E-state index in [0.717, 1.165) is 61.0 Å². The minimum Gasteiger partial charge on any atom is -0.379 e. The average Bonchev–Trinajstić information content (AvgIpc) is 3.24. The van der Waals surface area contributed by atoms with E-state index in [-0.39, 0.29) is 17.4 Å². The van der Waals surface area contributed by atoms with E-state index >= 15 is 0 Å². The van der Waals surface area contributed by atoms with Gasteiger partial charge in [-0.25, -0.2) is 14.4 Å². The van der Waals surface area contributed by atoms with Crippen LogP contribution in [0, 0.1) is 5.82 Å². The number of ether oxygens (including phenoxy) is 1. The Kier molecular flexibility index (Phi) is 7.92. The van der Waals surface area contributed by atoms with E-state index in [1.807, 2.05) is 6.07 Å². The highest BCUT2D eigenvalue weighted by Crippen LogP contribution is 2.35. The van der Waals surface area contributed by atoms with Crippen molar-refractivity contribution in [3.63, 3.8) is 0 Å². The lowest BCUT2D eigenvalue weighted by Crippen LogP contribution is -2.38. The summed E-state index contributed by atoms with van der Waals surface area (Å²) in [5.74, 6) is -0.201. The first kappa shape index (κ1) is 23.6. The monoisotopic (exact) mass is 492 g/mol. The lowest BCUT2D eigenvalue weighted by molar-refractivity contribution is -0.117. The number of benzene rings is 1. The summed E-state index contributed by atoms with van der Waals surface area (Å²) >= 11 is 7.44. The van der Waals surface area contributed by atoms with Crippen LogP contribution < -0.4 is 16.0 Å². The number of hydrogen-bond donors (Lipinski definition) is 2. The smallest absolute Gasteiger partial charge is 0.219 e. The second-order valence-electron chi connectivity index (χ2n) is 7.79. The first-order valence-electron chi connectivity index (χ1n) is 10.8. The lowest BCUT2D eigenvalue weighted by Gasteiger charge is -2.28. The number of primary amides is 1. The maximum atomic E-state index is 13.5. The Hall–Kier alpha value is -2.53. The van der Waals surface area contributed by atoms with Gasteiger partial charge >= 0.3 is 0 Å². The van der Waals surface area contributed by atoms with Crippen molar-refractivity contribution in [2.24, 2.45) is 5.73 Å². The predicted molar refractivity (Wildman–Crippen MR) is 130 cm³/mol. The molecule has 4 rings (SSSR count). The molecule has 0 atom stereocenters. The molecular formula is C22H26ClFN6O2S. The lowest BCUT2D eigenvalue weighted by atomic mass is 10.2. The van der Waals surface area contributed by atoms with Crippen LogP contribution in [0.2, 0.25) is 5.02 Å². The molecule has 1 saturated heterocycles. The van der Waals surface area contributed by atoms with Crippen LogP contribution in [0.3, 0.4) is 0 Å². The van der Waals surface area contributed by atoms with Gasteiger partial charge in [0.05, 0.1) is 28.6 Å². The molecule has 3 aromatic rings. The summed E-state index contributed by atoms with van der Waals surface area (Å²) in [5.41, 5.74) is 6.05. The van der Waals surface area contributed by atoms with E-state index in [2.05, 4.69) is 25.1 Å². The number of carbonyl (C=O) groups is 1. The molecule has 1 amide bonds. The Bertz CT molecular complexity index is 1110. The zero-order valence-corrected chi connectivity index (χ0v) is 19.7. The van der Waals surface area contributed by atoms with Crippen molar-refractivity contribution in [1.29, 1.82) is 0 Å². The number of carbonyl (C=O) groups excluding carboxylic acids is 1. The number of amides is 1. The highest BCUT2D eigenvalue weighted by Gasteiger charge is 2.16. The minimum atomic E-state index is -0.477. The van der Waals surface area contributed by atoms with Gasteiger partial charge in [-0.15, -0.1) is 0 Å². The van der Waals surface area contributed by atoms with Crippen molar-refractivity contribution >= 4 is 55.6 Å². The number of nitrogens with one attached hydrogen (secondary N) is 1. The molecule has 1 aliphatic rings. The molecule has 0 aliphatic carbocycles. The van der Waals surface area contributed by atoms with Crippen LogP contribution in [-0.2, 0) is 9.53 Å². The molecule has 0 radical (unpaired) electrons. The van der Waals surface area contributed by atoms with Crippen LogP contribution in [0.25, 0.3) is 10.2 Å². The molecule has 0 saturated carbocycles. The van der Waals surface area contributed by atoms with Crippen LogP contribution in [-0.4, -0.2) is 66.7 Å². The molecular weight excluding hydrogens is 467 g/mol. The normalized spacial score (nSPS) is 14.5. The second kappa shape index (κ2) is 11.1. The van der Waals surface area contributed by atoms with Gasteiger partial charge < -0.3 is 20.7 Å². The molecule has 1 fully saturated rings. The molecule has 0 bridgehead atoms. The number of aromatic nitrogens is 2. The molecule has 0 spiro atoms. The summed E-state index contributed by atoms with van der Waals surface area (Å²) < 4.78 is 18.9. The number of fused-ring (bicyclic) bond motifs is 1. The van der Waals surface area contributed by atoms with E-state index in [1.165, 1.54) is 29.8 Å². The van der Waals surface area contributed by atoms with Crippen molar-refractivity contribution in [3.8, 4) is 0 Å². The molecule has 33 heavy (non-hydrogen) atoms. The van der Waals surface area contributed by atoms with Gasteiger partial charge in [-0.2, -0.15) is 0 Å². The van der Waals surface area contributed by atoms with Crippen molar-refractivity contribution < 1.29 is 13.9 Å². The average molecular weight is 493 g/mol. The fraction of sp³-hybridized carbons (Fsp3) is 0.409. The molecule has 8 nitrogen and oxygen atoms in total. The van der Waals surface area contributed by atoms with E-state index in [1.54, 1.807) is 6.07 Å². The Morgan fingerprint density at radius 2 is 2.09 bits per heavy atom. The van der Waals surface area contributed by atoms with E-state index in [4.69, 9.17) is 22.1 Å². The molecule has 1 aromatic carbocycles. The third kappa shape index (κ3) is 6.29. The molecule has 1 aliphatic heterocycles. The van der Waals surface area contributed by atoms with Gasteiger partial charge in [-0.3, -0.25) is 9.69 Å². The Labute approximate surface area is 200 Å². The third-order valence-electron chi connectivity index (χ3n) is 5.44. The number of nitrogens with zero attached hydrogens (tertiary/aromatic N) is 4. The maximum Gasteiger partial charge on any atom is 0.219 e. The summed E-state index contributed by atoms with van der Waals surface area (Å²) in [5, 5.41) is 5.07. The van der Waals surface area contributed by atoms with Gasteiger partial charge in [0.25, 0.3) is 0 Å². The number of anilines is 3. The summed E-state index contributed by atoms with van der Waals surface area (Å²) in [7, 11) is 0. The van der Waals surface area contributed by atoms with Crippen LogP contribution in [0.4, 0.5) is 20.9 Å². The summed E-state index contributed by atoms with van der Waals surface area (Å²) in [4.78, 5) is 25.6. The summed E-state index contributed by atoms with van der Waals surface area (Å²) in [6.45, 7) is 5.74. The second-order valence-corrected chi connectivity index (χ2v) is 9.21. The molecule has 3 N–H and O–H groups in total. The third-order valence-corrected chi connectivity index (χ3v) is 6.84. The van der Waals surface area contributed by atoms with Crippen molar-refractivity contribution in [1.82, 2.24) is 14.9 Å². The quantitative estimate of drug-likeness (QED) is 0.446. The van der Waals surface area contributed by atoms with Crippen LogP contribution in [0.1, 0.15) is 12.8 Å². The first-order valence-corrected chi connectivity index (χ1v) is 12.0. The van der Waals surface area contributed by atoms with Crippen LogP contribution in [0.5, 0.6) is 0 Å². The number of nitrogens with two attached hydrogens (primary N) is 1. The number of thiophene rings is 1. The zero-order chi connectivity index (χ0) is 23.2. The van der Waals surface area contributed by atoms with Gasteiger partial charge in [-0.1, -0.05) is 22.9 Å². The van der Waals surface area contributed by atoms with Gasteiger partial charge in [-0.05, 0) is 30.7 Å². The number of halogens is 2. The number of hydrogen-bond acceptors (Lipinski definition) is 8. The maximum absolute atomic E-state index is 13.5. The summed E-state index contributed by atoms with van der Waals surface area (Å²) in [6, 6.07) is 6.45. The summed E-state index contributed by atoms with van der Waals surface area (Å²) in [6.07, 6.45) is 2.72.